The van der Waals surface area contributed by atoms with Gasteiger partial charge in [-0.3, -0.25) is 0 Å². The van der Waals surface area contributed by atoms with E-state index in [2.05, 4.69) is 27.7 Å². The van der Waals surface area contributed by atoms with Crippen molar-refractivity contribution in [1.29, 1.82) is 0 Å². The zero-order valence-electron chi connectivity index (χ0n) is 10.2. The van der Waals surface area contributed by atoms with E-state index in [0.717, 1.165) is 18.7 Å². The fraction of sp³-hybridized carbons (Fsp3) is 0.417. The molecule has 2 rings (SSSR count). The molecular formula is C12H17N5. The highest BCUT2D eigenvalue weighted by Crippen LogP contribution is 2.12. The Morgan fingerprint density at radius 2 is 2.06 bits per heavy atom. The number of benzene rings is 1. The summed E-state index contributed by atoms with van der Waals surface area (Å²) in [6.07, 6.45) is 0. The van der Waals surface area contributed by atoms with Gasteiger partial charge in [-0.1, -0.05) is 37.3 Å². The molecule has 5 heteroatoms. The molecule has 2 aromatic rings. The molecule has 5 nitrogen and oxygen atoms in total. The van der Waals surface area contributed by atoms with Crippen LogP contribution in [0, 0.1) is 5.92 Å². The van der Waals surface area contributed by atoms with Crippen molar-refractivity contribution < 1.29 is 0 Å². The molecule has 0 saturated carbocycles. The highest BCUT2D eigenvalue weighted by molar-refractivity contribution is 5.52. The van der Waals surface area contributed by atoms with Gasteiger partial charge in [0, 0.05) is 5.56 Å². The minimum absolute atomic E-state index is 0.484. The Kier molecular flexibility index (Phi) is 3.82. The first-order valence-electron chi connectivity index (χ1n) is 5.77. The van der Waals surface area contributed by atoms with E-state index >= 15 is 0 Å². The first-order valence-corrected chi connectivity index (χ1v) is 5.77. The molecular weight excluding hydrogens is 214 g/mol. The molecule has 0 spiro atoms. The number of nitrogens with zero attached hydrogens (tertiary/aromatic N) is 4. The topological polar surface area (TPSA) is 55.6 Å². The van der Waals surface area contributed by atoms with Crippen LogP contribution in [-0.4, -0.2) is 33.8 Å². The maximum atomic E-state index is 4.37. The Morgan fingerprint density at radius 1 is 1.29 bits per heavy atom. The van der Waals surface area contributed by atoms with Crippen LogP contribution in [0.3, 0.4) is 0 Å². The first kappa shape index (κ1) is 11.7. The van der Waals surface area contributed by atoms with Gasteiger partial charge in [-0.25, -0.2) is 0 Å². The Labute approximate surface area is 101 Å². The number of hydrogen-bond acceptors (Lipinski definition) is 4. The van der Waals surface area contributed by atoms with Crippen molar-refractivity contribution in [2.75, 3.05) is 13.6 Å². The lowest BCUT2D eigenvalue weighted by Crippen LogP contribution is -2.21. The monoisotopic (exact) mass is 231 g/mol. The summed E-state index contributed by atoms with van der Waals surface area (Å²) < 4.78 is 0. The molecule has 0 amide bonds. The van der Waals surface area contributed by atoms with Crippen LogP contribution in [0.2, 0.25) is 0 Å². The number of tetrazole rings is 1. The highest BCUT2D eigenvalue weighted by atomic mass is 15.6. The average Bonchev–Trinajstić information content (AvgIpc) is 2.79. The van der Waals surface area contributed by atoms with E-state index in [0.29, 0.717) is 11.7 Å². The predicted octanol–water partition coefficient (Wildman–Crippen LogP) is 1.20. The van der Waals surface area contributed by atoms with E-state index in [-0.39, 0.29) is 0 Å². The zero-order valence-corrected chi connectivity index (χ0v) is 10.2. The lowest BCUT2D eigenvalue weighted by Gasteiger charge is -2.08. The Morgan fingerprint density at radius 3 is 2.76 bits per heavy atom. The third-order valence-corrected chi connectivity index (χ3v) is 2.51. The molecule has 1 atom stereocenters. The van der Waals surface area contributed by atoms with E-state index in [1.807, 2.05) is 37.4 Å². The van der Waals surface area contributed by atoms with Crippen molar-refractivity contribution >= 4 is 0 Å². The minimum atomic E-state index is 0.484. The van der Waals surface area contributed by atoms with Gasteiger partial charge in [-0.15, -0.1) is 10.2 Å². The minimum Gasteiger partial charge on any atom is -0.319 e. The predicted molar refractivity (Wildman–Crippen MR) is 66.3 cm³/mol. The van der Waals surface area contributed by atoms with Crippen LogP contribution in [0.25, 0.3) is 11.4 Å². The molecule has 17 heavy (non-hydrogen) atoms. The van der Waals surface area contributed by atoms with Crippen molar-refractivity contribution in [1.82, 2.24) is 25.5 Å². The maximum absolute atomic E-state index is 4.37. The normalized spacial score (nSPS) is 12.6. The summed E-state index contributed by atoms with van der Waals surface area (Å²) in [7, 11) is 1.95. The van der Waals surface area contributed by atoms with Crippen molar-refractivity contribution in [2.45, 2.75) is 13.5 Å². The van der Waals surface area contributed by atoms with Crippen LogP contribution in [0.15, 0.2) is 30.3 Å². The second kappa shape index (κ2) is 5.54. The summed E-state index contributed by atoms with van der Waals surface area (Å²) in [6, 6.07) is 9.89. The van der Waals surface area contributed by atoms with Gasteiger partial charge >= 0.3 is 0 Å². The molecule has 0 saturated heterocycles. The van der Waals surface area contributed by atoms with Crippen molar-refractivity contribution in [3.8, 4) is 11.4 Å². The summed E-state index contributed by atoms with van der Waals surface area (Å²) in [5, 5.41) is 15.6. The first-order chi connectivity index (χ1) is 8.29. The largest absolute Gasteiger partial charge is 0.319 e. The van der Waals surface area contributed by atoms with Gasteiger partial charge in [0.15, 0.2) is 0 Å². The second-order valence-electron chi connectivity index (χ2n) is 4.20. The molecule has 0 fully saturated rings. The zero-order chi connectivity index (χ0) is 12.1. The van der Waals surface area contributed by atoms with Gasteiger partial charge in [-0.05, 0) is 24.7 Å². The van der Waals surface area contributed by atoms with Gasteiger partial charge in [0.05, 0.1) is 6.54 Å². The molecule has 0 radical (unpaired) electrons. The number of hydrogen-bond donors (Lipinski definition) is 1. The molecule has 0 aliphatic heterocycles. The molecule has 1 aromatic heterocycles. The summed E-state index contributed by atoms with van der Waals surface area (Å²) in [5.74, 6) is 1.17. The Balaban J connectivity index is 2.06. The molecule has 0 bridgehead atoms. The van der Waals surface area contributed by atoms with Crippen LogP contribution in [0.4, 0.5) is 0 Å². The van der Waals surface area contributed by atoms with E-state index in [9.17, 15) is 0 Å². The lowest BCUT2D eigenvalue weighted by molar-refractivity contribution is 0.396. The quantitative estimate of drug-likeness (QED) is 0.840. The van der Waals surface area contributed by atoms with Crippen LogP contribution >= 0.6 is 0 Å². The van der Waals surface area contributed by atoms with Crippen molar-refractivity contribution in [2.24, 2.45) is 5.92 Å². The number of aromatic nitrogens is 4. The van der Waals surface area contributed by atoms with Gasteiger partial charge < -0.3 is 5.32 Å². The van der Waals surface area contributed by atoms with Crippen molar-refractivity contribution in [3.05, 3.63) is 30.3 Å². The van der Waals surface area contributed by atoms with E-state index < -0.39 is 0 Å². The smallest absolute Gasteiger partial charge is 0.204 e. The molecule has 1 unspecified atom stereocenters. The fourth-order valence-corrected chi connectivity index (χ4v) is 1.72. The molecule has 90 valence electrons. The summed E-state index contributed by atoms with van der Waals surface area (Å²) >= 11 is 0. The molecule has 1 heterocycles. The number of nitrogens with one attached hydrogen (secondary N) is 1. The lowest BCUT2D eigenvalue weighted by atomic mass is 10.2. The van der Waals surface area contributed by atoms with Crippen molar-refractivity contribution in [3.63, 3.8) is 0 Å². The third-order valence-electron chi connectivity index (χ3n) is 2.51. The van der Waals surface area contributed by atoms with Gasteiger partial charge in [-0.2, -0.15) is 4.80 Å². The molecule has 0 aliphatic carbocycles. The maximum Gasteiger partial charge on any atom is 0.204 e. The van der Waals surface area contributed by atoms with Crippen LogP contribution in [0.5, 0.6) is 0 Å². The number of rotatable bonds is 5. The Bertz CT molecular complexity index is 451. The van der Waals surface area contributed by atoms with Crippen LogP contribution in [0.1, 0.15) is 6.92 Å². The average molecular weight is 231 g/mol. The fourth-order valence-electron chi connectivity index (χ4n) is 1.72. The summed E-state index contributed by atoms with van der Waals surface area (Å²) in [4.78, 5) is 1.66. The van der Waals surface area contributed by atoms with E-state index in [1.54, 1.807) is 4.80 Å². The van der Waals surface area contributed by atoms with E-state index in [1.165, 1.54) is 0 Å². The SMILES string of the molecule is CNCC(C)Cn1nnc(-c2ccccc2)n1. The van der Waals surface area contributed by atoms with Gasteiger partial charge in [0.1, 0.15) is 0 Å². The van der Waals surface area contributed by atoms with Crippen LogP contribution < -0.4 is 5.32 Å². The van der Waals surface area contributed by atoms with Gasteiger partial charge in [0.2, 0.25) is 5.82 Å². The summed E-state index contributed by atoms with van der Waals surface area (Å²) in [6.45, 7) is 3.88. The van der Waals surface area contributed by atoms with Gasteiger partial charge in [0.25, 0.3) is 0 Å². The highest BCUT2D eigenvalue weighted by Gasteiger charge is 2.07. The third kappa shape index (κ3) is 3.10. The summed E-state index contributed by atoms with van der Waals surface area (Å²) in [5.41, 5.74) is 1.00. The van der Waals surface area contributed by atoms with E-state index in [4.69, 9.17) is 0 Å². The second-order valence-corrected chi connectivity index (χ2v) is 4.20. The standard InChI is InChI=1S/C12H17N5/c1-10(8-13-2)9-17-15-12(14-16-17)11-6-4-3-5-7-11/h3-7,10,13H,8-9H2,1-2H3. The Hall–Kier alpha value is -1.75. The molecule has 1 N–H and O–H groups in total. The molecule has 0 aliphatic rings. The van der Waals surface area contributed by atoms with Crippen LogP contribution in [-0.2, 0) is 6.54 Å². The molecule has 1 aromatic carbocycles.